The molecule has 0 aliphatic heterocycles. The summed E-state index contributed by atoms with van der Waals surface area (Å²) in [4.78, 5) is 4.15. The molecular formula is C7H12N3+. The Hall–Kier alpha value is -1.12. The van der Waals surface area contributed by atoms with Crippen molar-refractivity contribution in [2.24, 2.45) is 7.05 Å². The summed E-state index contributed by atoms with van der Waals surface area (Å²) in [6.45, 7) is 2.03. The summed E-state index contributed by atoms with van der Waals surface area (Å²) in [5, 5.41) is 3.00. The first-order valence-electron chi connectivity index (χ1n) is 3.23. The minimum absolute atomic E-state index is 0.943. The average Bonchev–Trinajstić information content (AvgIpc) is 1.88. The monoisotopic (exact) mass is 138 g/mol. The van der Waals surface area contributed by atoms with Crippen LogP contribution in [0.4, 0.5) is 5.82 Å². The van der Waals surface area contributed by atoms with E-state index in [0.29, 0.717) is 0 Å². The number of hydrogen-bond donors (Lipinski definition) is 1. The third-order valence-electron chi connectivity index (χ3n) is 1.38. The molecule has 1 heterocycles. The maximum absolute atomic E-state index is 4.15. The molecule has 0 saturated heterocycles. The average molecular weight is 138 g/mol. The van der Waals surface area contributed by atoms with Gasteiger partial charge in [0, 0.05) is 7.05 Å². The first kappa shape index (κ1) is 6.99. The van der Waals surface area contributed by atoms with E-state index < -0.39 is 0 Å². The lowest BCUT2D eigenvalue weighted by Gasteiger charge is -1.95. The zero-order valence-corrected chi connectivity index (χ0v) is 6.55. The Morgan fingerprint density at radius 2 is 2.30 bits per heavy atom. The molecule has 1 N–H and O–H groups in total. The lowest BCUT2D eigenvalue weighted by atomic mass is 10.3. The minimum atomic E-state index is 0.943. The van der Waals surface area contributed by atoms with Gasteiger partial charge in [0.2, 0.25) is 5.82 Å². The van der Waals surface area contributed by atoms with Gasteiger partial charge in [-0.2, -0.15) is 0 Å². The summed E-state index contributed by atoms with van der Waals surface area (Å²) in [5.74, 6) is 0.943. The molecule has 1 aromatic heterocycles. The van der Waals surface area contributed by atoms with Crippen LogP contribution in [0.3, 0.4) is 0 Å². The van der Waals surface area contributed by atoms with E-state index in [1.807, 2.05) is 31.8 Å². The number of nitrogens with one attached hydrogen (secondary N) is 1. The first-order valence-corrected chi connectivity index (χ1v) is 3.23. The van der Waals surface area contributed by atoms with Gasteiger partial charge in [-0.1, -0.05) is 0 Å². The zero-order valence-electron chi connectivity index (χ0n) is 6.55. The van der Waals surface area contributed by atoms with E-state index in [0.717, 1.165) is 11.4 Å². The van der Waals surface area contributed by atoms with Gasteiger partial charge in [0.1, 0.15) is 0 Å². The van der Waals surface area contributed by atoms with Crippen LogP contribution < -0.4 is 9.88 Å². The summed E-state index contributed by atoms with van der Waals surface area (Å²) >= 11 is 0. The van der Waals surface area contributed by atoms with Crippen LogP contribution in [0.15, 0.2) is 12.5 Å². The van der Waals surface area contributed by atoms with Crippen LogP contribution in [-0.2, 0) is 7.05 Å². The second kappa shape index (κ2) is 2.64. The van der Waals surface area contributed by atoms with Crippen molar-refractivity contribution in [3.63, 3.8) is 0 Å². The molecule has 10 heavy (non-hydrogen) atoms. The number of hydrogen-bond acceptors (Lipinski definition) is 2. The van der Waals surface area contributed by atoms with Crippen molar-refractivity contribution in [1.82, 2.24) is 4.98 Å². The van der Waals surface area contributed by atoms with Gasteiger partial charge in [0.05, 0.1) is 18.8 Å². The van der Waals surface area contributed by atoms with Crippen LogP contribution in [0.1, 0.15) is 5.56 Å². The molecule has 0 saturated carbocycles. The Morgan fingerprint density at radius 1 is 1.60 bits per heavy atom. The van der Waals surface area contributed by atoms with Crippen LogP contribution in [-0.4, -0.2) is 12.0 Å². The first-order chi connectivity index (χ1) is 4.74. The summed E-state index contributed by atoms with van der Waals surface area (Å²) in [7, 11) is 3.83. The predicted molar refractivity (Wildman–Crippen MR) is 39.7 cm³/mol. The lowest BCUT2D eigenvalue weighted by molar-refractivity contribution is -0.674. The highest BCUT2D eigenvalue weighted by atomic mass is 15.0. The van der Waals surface area contributed by atoms with E-state index in [4.69, 9.17) is 0 Å². The molecule has 0 atom stereocenters. The molecule has 0 aromatic carbocycles. The lowest BCUT2D eigenvalue weighted by Crippen LogP contribution is -2.28. The fourth-order valence-corrected chi connectivity index (χ4v) is 0.912. The SMILES string of the molecule is CNc1nc[n+](C)cc1C. The fourth-order valence-electron chi connectivity index (χ4n) is 0.912. The van der Waals surface area contributed by atoms with E-state index >= 15 is 0 Å². The number of aromatic nitrogens is 2. The molecule has 3 nitrogen and oxygen atoms in total. The zero-order chi connectivity index (χ0) is 7.56. The summed E-state index contributed by atoms with van der Waals surface area (Å²) in [6, 6.07) is 0. The Bertz CT molecular complexity index is 232. The van der Waals surface area contributed by atoms with Crippen molar-refractivity contribution in [2.75, 3.05) is 12.4 Å². The molecular weight excluding hydrogens is 126 g/mol. The van der Waals surface area contributed by atoms with Gasteiger partial charge < -0.3 is 5.32 Å². The maximum atomic E-state index is 4.15. The fraction of sp³-hybridized carbons (Fsp3) is 0.429. The van der Waals surface area contributed by atoms with Gasteiger partial charge in [-0.05, 0) is 11.9 Å². The van der Waals surface area contributed by atoms with Crippen molar-refractivity contribution in [3.8, 4) is 0 Å². The standard InChI is InChI=1S/C7H11N3/c1-6-4-10(3)5-9-7(6)8-2/h4-5H,1-3H3/p+1. The molecule has 54 valence electrons. The van der Waals surface area contributed by atoms with Gasteiger partial charge in [0.25, 0.3) is 6.33 Å². The van der Waals surface area contributed by atoms with E-state index in [2.05, 4.69) is 10.3 Å². The highest BCUT2D eigenvalue weighted by Crippen LogP contribution is 2.03. The molecule has 1 rings (SSSR count). The molecule has 3 heteroatoms. The van der Waals surface area contributed by atoms with Crippen LogP contribution in [0, 0.1) is 6.92 Å². The number of aryl methyl sites for hydroxylation is 2. The van der Waals surface area contributed by atoms with Gasteiger partial charge in [-0.3, -0.25) is 0 Å². The minimum Gasteiger partial charge on any atom is -0.352 e. The van der Waals surface area contributed by atoms with Crippen molar-refractivity contribution < 1.29 is 4.57 Å². The highest BCUT2D eigenvalue weighted by molar-refractivity contribution is 5.38. The van der Waals surface area contributed by atoms with Crippen molar-refractivity contribution >= 4 is 5.82 Å². The molecule has 0 spiro atoms. The second-order valence-electron chi connectivity index (χ2n) is 2.32. The van der Waals surface area contributed by atoms with Crippen LogP contribution in [0.25, 0.3) is 0 Å². The smallest absolute Gasteiger partial charge is 0.288 e. The molecule has 0 aliphatic rings. The van der Waals surface area contributed by atoms with E-state index in [9.17, 15) is 0 Å². The molecule has 0 amide bonds. The normalized spacial score (nSPS) is 9.50. The summed E-state index contributed by atoms with van der Waals surface area (Å²) in [5.41, 5.74) is 1.16. The molecule has 0 bridgehead atoms. The third kappa shape index (κ3) is 1.23. The molecule has 0 fully saturated rings. The predicted octanol–water partition coefficient (Wildman–Crippen LogP) is 0.256. The van der Waals surface area contributed by atoms with Gasteiger partial charge in [-0.25, -0.2) is 4.57 Å². The Morgan fingerprint density at radius 3 is 2.80 bits per heavy atom. The van der Waals surface area contributed by atoms with Gasteiger partial charge >= 0.3 is 0 Å². The Labute approximate surface area is 60.7 Å². The Kier molecular flexibility index (Phi) is 1.85. The molecule has 0 unspecified atom stereocenters. The Balaban J connectivity index is 3.07. The van der Waals surface area contributed by atoms with Crippen molar-refractivity contribution in [3.05, 3.63) is 18.1 Å². The van der Waals surface area contributed by atoms with Crippen LogP contribution in [0.2, 0.25) is 0 Å². The molecule has 0 radical (unpaired) electrons. The number of nitrogens with zero attached hydrogens (tertiary/aromatic N) is 2. The maximum Gasteiger partial charge on any atom is 0.288 e. The largest absolute Gasteiger partial charge is 0.352 e. The van der Waals surface area contributed by atoms with E-state index in [-0.39, 0.29) is 0 Å². The van der Waals surface area contributed by atoms with Crippen molar-refractivity contribution in [2.45, 2.75) is 6.92 Å². The van der Waals surface area contributed by atoms with E-state index in [1.165, 1.54) is 0 Å². The highest BCUT2D eigenvalue weighted by Gasteiger charge is 2.02. The number of rotatable bonds is 1. The van der Waals surface area contributed by atoms with Gasteiger partial charge in [0.15, 0.2) is 0 Å². The van der Waals surface area contributed by atoms with Gasteiger partial charge in [-0.15, -0.1) is 0 Å². The topological polar surface area (TPSA) is 28.8 Å². The van der Waals surface area contributed by atoms with Crippen LogP contribution >= 0.6 is 0 Å². The summed E-state index contributed by atoms with van der Waals surface area (Å²) < 4.78 is 1.93. The molecule has 1 aromatic rings. The summed E-state index contributed by atoms with van der Waals surface area (Å²) in [6.07, 6.45) is 3.80. The second-order valence-corrected chi connectivity index (χ2v) is 2.32. The van der Waals surface area contributed by atoms with Crippen molar-refractivity contribution in [1.29, 1.82) is 0 Å². The quantitative estimate of drug-likeness (QED) is 0.564. The molecule has 0 aliphatic carbocycles. The van der Waals surface area contributed by atoms with Crippen LogP contribution in [0.5, 0.6) is 0 Å². The van der Waals surface area contributed by atoms with E-state index in [1.54, 1.807) is 6.33 Å². The number of anilines is 1. The third-order valence-corrected chi connectivity index (χ3v) is 1.38.